The molecule has 2 rings (SSSR count). The lowest BCUT2D eigenvalue weighted by Gasteiger charge is -2.04. The van der Waals surface area contributed by atoms with Gasteiger partial charge in [-0.15, -0.1) is 0 Å². The highest BCUT2D eigenvalue weighted by Gasteiger charge is 2.09. The monoisotopic (exact) mass is 204 g/mol. The summed E-state index contributed by atoms with van der Waals surface area (Å²) in [5, 5.41) is 3.14. The summed E-state index contributed by atoms with van der Waals surface area (Å²) in [6.07, 6.45) is 1.06. The summed E-state index contributed by atoms with van der Waals surface area (Å²) in [6.45, 7) is 2.52. The molecule has 1 aliphatic heterocycles. The predicted molar refractivity (Wildman–Crippen MR) is 61.4 cm³/mol. The molecule has 1 aliphatic rings. The third-order valence-electron chi connectivity index (χ3n) is 2.45. The van der Waals surface area contributed by atoms with E-state index in [9.17, 15) is 0 Å². The zero-order chi connectivity index (χ0) is 10.5. The van der Waals surface area contributed by atoms with Crippen molar-refractivity contribution in [1.82, 2.24) is 5.32 Å². The number of hydrogen-bond donors (Lipinski definition) is 1. The first kappa shape index (κ1) is 10.2. The SMILES string of the molecule is CNCCc1ccc(C2=NCCO2)cc1. The number of ether oxygens (including phenoxy) is 1. The molecule has 0 bridgehead atoms. The lowest BCUT2D eigenvalue weighted by atomic mass is 10.1. The summed E-state index contributed by atoms with van der Waals surface area (Å²) >= 11 is 0. The molecule has 0 atom stereocenters. The highest BCUT2D eigenvalue weighted by atomic mass is 16.5. The Kier molecular flexibility index (Phi) is 3.35. The first-order chi connectivity index (χ1) is 7.40. The predicted octanol–water partition coefficient (Wildman–Crippen LogP) is 1.23. The summed E-state index contributed by atoms with van der Waals surface area (Å²) in [7, 11) is 1.97. The van der Waals surface area contributed by atoms with Crippen LogP contribution in [0.25, 0.3) is 0 Å². The van der Waals surface area contributed by atoms with Gasteiger partial charge in [-0.25, -0.2) is 4.99 Å². The Bertz CT molecular complexity index is 343. The molecule has 15 heavy (non-hydrogen) atoms. The maximum absolute atomic E-state index is 5.40. The van der Waals surface area contributed by atoms with E-state index in [4.69, 9.17) is 4.74 Å². The molecule has 1 aromatic rings. The number of hydrogen-bond acceptors (Lipinski definition) is 3. The van der Waals surface area contributed by atoms with Crippen molar-refractivity contribution in [3.63, 3.8) is 0 Å². The van der Waals surface area contributed by atoms with Crippen LogP contribution in [0.5, 0.6) is 0 Å². The summed E-state index contributed by atoms with van der Waals surface area (Å²) in [5.41, 5.74) is 2.42. The minimum Gasteiger partial charge on any atom is -0.476 e. The molecular formula is C12H16N2O. The fourth-order valence-electron chi connectivity index (χ4n) is 1.59. The first-order valence-electron chi connectivity index (χ1n) is 5.31. The molecule has 3 nitrogen and oxygen atoms in total. The molecule has 1 heterocycles. The van der Waals surface area contributed by atoms with Crippen LogP contribution in [-0.2, 0) is 11.2 Å². The van der Waals surface area contributed by atoms with Crippen LogP contribution >= 0.6 is 0 Å². The summed E-state index contributed by atoms with van der Waals surface area (Å²) in [6, 6.07) is 8.43. The second-order valence-electron chi connectivity index (χ2n) is 3.59. The van der Waals surface area contributed by atoms with Gasteiger partial charge in [0.25, 0.3) is 0 Å². The number of rotatable bonds is 4. The van der Waals surface area contributed by atoms with E-state index in [1.165, 1.54) is 5.56 Å². The molecule has 0 fully saturated rings. The Hall–Kier alpha value is -1.35. The zero-order valence-electron chi connectivity index (χ0n) is 8.99. The van der Waals surface area contributed by atoms with Crippen LogP contribution < -0.4 is 5.32 Å². The fourth-order valence-corrected chi connectivity index (χ4v) is 1.59. The highest BCUT2D eigenvalue weighted by molar-refractivity contribution is 5.94. The largest absolute Gasteiger partial charge is 0.476 e. The summed E-state index contributed by atoms with van der Waals surface area (Å²) < 4.78 is 5.40. The van der Waals surface area contributed by atoms with Gasteiger partial charge < -0.3 is 10.1 Å². The Morgan fingerprint density at radius 1 is 1.33 bits per heavy atom. The number of benzene rings is 1. The van der Waals surface area contributed by atoms with Crippen molar-refractivity contribution < 1.29 is 4.74 Å². The molecule has 0 aliphatic carbocycles. The number of aliphatic imine (C=N–C) groups is 1. The van der Waals surface area contributed by atoms with Gasteiger partial charge in [0.1, 0.15) is 6.61 Å². The van der Waals surface area contributed by atoms with Gasteiger partial charge in [0.05, 0.1) is 6.54 Å². The van der Waals surface area contributed by atoms with Gasteiger partial charge in [-0.3, -0.25) is 0 Å². The van der Waals surface area contributed by atoms with Gasteiger partial charge in [-0.05, 0) is 37.7 Å². The van der Waals surface area contributed by atoms with Crippen LogP contribution in [0.15, 0.2) is 29.3 Å². The van der Waals surface area contributed by atoms with E-state index in [0.717, 1.165) is 37.6 Å². The normalized spacial score (nSPS) is 14.9. The van der Waals surface area contributed by atoms with E-state index in [2.05, 4.69) is 34.6 Å². The Labute approximate surface area is 90.2 Å². The van der Waals surface area contributed by atoms with E-state index < -0.39 is 0 Å². The third-order valence-corrected chi connectivity index (χ3v) is 2.45. The van der Waals surface area contributed by atoms with Crippen LogP contribution in [0.4, 0.5) is 0 Å². The van der Waals surface area contributed by atoms with E-state index in [-0.39, 0.29) is 0 Å². The lowest BCUT2D eigenvalue weighted by molar-refractivity contribution is 0.348. The molecule has 0 radical (unpaired) electrons. The Morgan fingerprint density at radius 3 is 2.73 bits per heavy atom. The van der Waals surface area contributed by atoms with Crippen molar-refractivity contribution in [2.45, 2.75) is 6.42 Å². The molecule has 0 unspecified atom stereocenters. The number of nitrogens with one attached hydrogen (secondary N) is 1. The molecule has 0 amide bonds. The van der Waals surface area contributed by atoms with Crippen molar-refractivity contribution >= 4 is 5.90 Å². The van der Waals surface area contributed by atoms with Gasteiger partial charge in [-0.2, -0.15) is 0 Å². The molecule has 80 valence electrons. The van der Waals surface area contributed by atoms with Crippen LogP contribution in [0.2, 0.25) is 0 Å². The van der Waals surface area contributed by atoms with E-state index in [1.54, 1.807) is 0 Å². The molecule has 1 aromatic carbocycles. The van der Waals surface area contributed by atoms with E-state index >= 15 is 0 Å². The summed E-state index contributed by atoms with van der Waals surface area (Å²) in [4.78, 5) is 4.28. The van der Waals surface area contributed by atoms with Crippen molar-refractivity contribution in [2.75, 3.05) is 26.7 Å². The first-order valence-corrected chi connectivity index (χ1v) is 5.31. The van der Waals surface area contributed by atoms with Crippen molar-refractivity contribution in [1.29, 1.82) is 0 Å². The second-order valence-corrected chi connectivity index (χ2v) is 3.59. The quantitative estimate of drug-likeness (QED) is 0.800. The van der Waals surface area contributed by atoms with Crippen molar-refractivity contribution in [2.24, 2.45) is 4.99 Å². The third kappa shape index (κ3) is 2.57. The molecule has 0 saturated carbocycles. The molecule has 0 aromatic heterocycles. The average Bonchev–Trinajstić information content (AvgIpc) is 2.80. The van der Waals surface area contributed by atoms with Gasteiger partial charge in [0, 0.05) is 5.56 Å². The number of nitrogens with zero attached hydrogens (tertiary/aromatic N) is 1. The minimum atomic E-state index is 0.719. The van der Waals surface area contributed by atoms with E-state index in [1.807, 2.05) is 7.05 Å². The van der Waals surface area contributed by atoms with Gasteiger partial charge in [-0.1, -0.05) is 12.1 Å². The highest BCUT2D eigenvalue weighted by Crippen LogP contribution is 2.09. The summed E-state index contributed by atoms with van der Waals surface area (Å²) in [5.74, 6) is 0.787. The topological polar surface area (TPSA) is 33.6 Å². The van der Waals surface area contributed by atoms with Gasteiger partial charge in [0.2, 0.25) is 5.90 Å². The van der Waals surface area contributed by atoms with Gasteiger partial charge >= 0.3 is 0 Å². The molecule has 1 N–H and O–H groups in total. The van der Waals surface area contributed by atoms with Crippen LogP contribution in [0, 0.1) is 0 Å². The maximum atomic E-state index is 5.40. The molecular weight excluding hydrogens is 188 g/mol. The fraction of sp³-hybridized carbons (Fsp3) is 0.417. The van der Waals surface area contributed by atoms with Gasteiger partial charge in [0.15, 0.2) is 0 Å². The molecule has 3 heteroatoms. The second kappa shape index (κ2) is 4.94. The molecule has 0 saturated heterocycles. The minimum absolute atomic E-state index is 0.719. The van der Waals surface area contributed by atoms with Crippen LogP contribution in [0.3, 0.4) is 0 Å². The molecule has 0 spiro atoms. The Morgan fingerprint density at radius 2 is 2.13 bits per heavy atom. The smallest absolute Gasteiger partial charge is 0.216 e. The zero-order valence-corrected chi connectivity index (χ0v) is 8.99. The van der Waals surface area contributed by atoms with Crippen LogP contribution in [-0.4, -0.2) is 32.6 Å². The number of likely N-dealkylation sites (N-methyl/N-ethyl adjacent to an activating group) is 1. The Balaban J connectivity index is 2.03. The van der Waals surface area contributed by atoms with Crippen molar-refractivity contribution in [3.8, 4) is 0 Å². The lowest BCUT2D eigenvalue weighted by Crippen LogP contribution is -2.10. The average molecular weight is 204 g/mol. The van der Waals surface area contributed by atoms with E-state index in [0.29, 0.717) is 0 Å². The standard InChI is InChI=1S/C12H16N2O/c1-13-7-6-10-2-4-11(5-3-10)12-14-8-9-15-12/h2-5,13H,6-9H2,1H3. The van der Waals surface area contributed by atoms with Crippen LogP contribution in [0.1, 0.15) is 11.1 Å². The van der Waals surface area contributed by atoms with Crippen molar-refractivity contribution in [3.05, 3.63) is 35.4 Å². The maximum Gasteiger partial charge on any atom is 0.216 e.